The summed E-state index contributed by atoms with van der Waals surface area (Å²) in [6.07, 6.45) is 3.45. The van der Waals surface area contributed by atoms with Gasteiger partial charge in [0.05, 0.1) is 17.0 Å². The molecule has 0 aliphatic heterocycles. The third kappa shape index (κ3) is 5.99. The summed E-state index contributed by atoms with van der Waals surface area (Å²) in [7, 11) is 1.71. The maximum absolute atomic E-state index is 13.6. The summed E-state index contributed by atoms with van der Waals surface area (Å²) < 4.78 is 19.1. The van der Waals surface area contributed by atoms with E-state index in [-0.39, 0.29) is 23.7 Å². The van der Waals surface area contributed by atoms with Gasteiger partial charge in [-0.05, 0) is 66.2 Å². The number of nitrogens with one attached hydrogen (secondary N) is 2. The lowest BCUT2D eigenvalue weighted by Crippen LogP contribution is -2.45. The Kier molecular flexibility index (Phi) is 7.68. The lowest BCUT2D eigenvalue weighted by molar-refractivity contribution is -0.149. The molecule has 5 nitrogen and oxygen atoms in total. The molecule has 1 aromatic rings. The third-order valence-electron chi connectivity index (χ3n) is 4.36. The summed E-state index contributed by atoms with van der Waals surface area (Å²) in [6, 6.07) is 5.32. The predicted molar refractivity (Wildman–Crippen MR) is 99.8 cm³/mol. The molecule has 0 amide bonds. The summed E-state index contributed by atoms with van der Waals surface area (Å²) >= 11 is 3.15. The SMILES string of the molecule is CCOC(=O)C1CCC(NC(=NC)NCc2ccc(Br)c(F)c2)CC1. The zero-order valence-corrected chi connectivity index (χ0v) is 16.2. The number of halogens is 2. The van der Waals surface area contributed by atoms with E-state index < -0.39 is 0 Å². The van der Waals surface area contributed by atoms with Crippen molar-refractivity contribution in [3.63, 3.8) is 0 Å². The Balaban J connectivity index is 1.79. The van der Waals surface area contributed by atoms with Crippen molar-refractivity contribution < 1.29 is 13.9 Å². The van der Waals surface area contributed by atoms with Gasteiger partial charge in [0.2, 0.25) is 0 Å². The zero-order valence-electron chi connectivity index (χ0n) is 14.6. The molecule has 138 valence electrons. The number of carbonyl (C=O) groups excluding carboxylic acids is 1. The Morgan fingerprint density at radius 1 is 1.36 bits per heavy atom. The molecule has 0 aromatic heterocycles. The van der Waals surface area contributed by atoms with Crippen molar-refractivity contribution in [2.24, 2.45) is 10.9 Å². The molecule has 0 atom stereocenters. The van der Waals surface area contributed by atoms with E-state index in [0.29, 0.717) is 23.6 Å². The number of benzene rings is 1. The number of guanidine groups is 1. The van der Waals surface area contributed by atoms with Gasteiger partial charge < -0.3 is 15.4 Å². The fraction of sp³-hybridized carbons (Fsp3) is 0.556. The van der Waals surface area contributed by atoms with E-state index in [1.807, 2.05) is 13.0 Å². The van der Waals surface area contributed by atoms with Crippen LogP contribution in [0.15, 0.2) is 27.7 Å². The van der Waals surface area contributed by atoms with Crippen LogP contribution < -0.4 is 10.6 Å². The molecule has 1 fully saturated rings. The van der Waals surface area contributed by atoms with Crippen LogP contribution in [0, 0.1) is 11.7 Å². The van der Waals surface area contributed by atoms with Gasteiger partial charge in [0, 0.05) is 19.6 Å². The molecule has 0 bridgehead atoms. The molecule has 1 aliphatic rings. The van der Waals surface area contributed by atoms with Crippen LogP contribution >= 0.6 is 15.9 Å². The molecule has 0 unspecified atom stereocenters. The van der Waals surface area contributed by atoms with Crippen molar-refractivity contribution in [2.75, 3.05) is 13.7 Å². The summed E-state index contributed by atoms with van der Waals surface area (Å²) in [5.41, 5.74) is 0.842. The van der Waals surface area contributed by atoms with Gasteiger partial charge in [-0.1, -0.05) is 6.07 Å². The van der Waals surface area contributed by atoms with Crippen molar-refractivity contribution in [3.05, 3.63) is 34.1 Å². The van der Waals surface area contributed by atoms with Gasteiger partial charge in [-0.15, -0.1) is 0 Å². The zero-order chi connectivity index (χ0) is 18.2. The second-order valence-corrected chi connectivity index (χ2v) is 6.97. The summed E-state index contributed by atoms with van der Waals surface area (Å²) in [4.78, 5) is 16.0. The number of hydrogen-bond acceptors (Lipinski definition) is 3. The van der Waals surface area contributed by atoms with Gasteiger partial charge in [0.25, 0.3) is 0 Å². The molecule has 2 N–H and O–H groups in total. The topological polar surface area (TPSA) is 62.7 Å². The highest BCUT2D eigenvalue weighted by Gasteiger charge is 2.27. The molecule has 0 saturated heterocycles. The maximum atomic E-state index is 13.6. The highest BCUT2D eigenvalue weighted by Crippen LogP contribution is 2.25. The molecule has 0 spiro atoms. The molecule has 0 heterocycles. The Hall–Kier alpha value is -1.63. The molecule has 1 aliphatic carbocycles. The van der Waals surface area contributed by atoms with E-state index in [2.05, 4.69) is 31.6 Å². The van der Waals surface area contributed by atoms with Gasteiger partial charge in [-0.2, -0.15) is 0 Å². The van der Waals surface area contributed by atoms with Crippen LogP contribution in [0.1, 0.15) is 38.2 Å². The van der Waals surface area contributed by atoms with Crippen molar-refractivity contribution in [1.82, 2.24) is 10.6 Å². The fourth-order valence-electron chi connectivity index (χ4n) is 2.96. The van der Waals surface area contributed by atoms with E-state index in [9.17, 15) is 9.18 Å². The molecular weight excluding hydrogens is 389 g/mol. The van der Waals surface area contributed by atoms with Gasteiger partial charge in [-0.3, -0.25) is 9.79 Å². The lowest BCUT2D eigenvalue weighted by Gasteiger charge is -2.29. The number of esters is 1. The smallest absolute Gasteiger partial charge is 0.308 e. The first-order valence-corrected chi connectivity index (χ1v) is 9.40. The van der Waals surface area contributed by atoms with Crippen LogP contribution in [0.2, 0.25) is 0 Å². The predicted octanol–water partition coefficient (Wildman–Crippen LogP) is 3.38. The number of carbonyl (C=O) groups is 1. The second-order valence-electron chi connectivity index (χ2n) is 6.12. The maximum Gasteiger partial charge on any atom is 0.308 e. The van der Waals surface area contributed by atoms with E-state index in [0.717, 1.165) is 31.2 Å². The highest BCUT2D eigenvalue weighted by atomic mass is 79.9. The van der Waals surface area contributed by atoms with Crippen molar-refractivity contribution >= 4 is 27.9 Å². The normalized spacial score (nSPS) is 20.9. The monoisotopic (exact) mass is 413 g/mol. The van der Waals surface area contributed by atoms with Crippen LogP contribution in [0.5, 0.6) is 0 Å². The number of nitrogens with zero attached hydrogens (tertiary/aromatic N) is 1. The molecular formula is C18H25BrFN3O2. The van der Waals surface area contributed by atoms with E-state index in [1.54, 1.807) is 13.1 Å². The molecule has 2 rings (SSSR count). The minimum Gasteiger partial charge on any atom is -0.466 e. The first-order valence-electron chi connectivity index (χ1n) is 8.61. The van der Waals surface area contributed by atoms with E-state index in [1.165, 1.54) is 6.07 Å². The average Bonchev–Trinajstić information content (AvgIpc) is 2.62. The van der Waals surface area contributed by atoms with Crippen LogP contribution in [-0.2, 0) is 16.1 Å². The lowest BCUT2D eigenvalue weighted by atomic mass is 9.86. The van der Waals surface area contributed by atoms with Gasteiger partial charge >= 0.3 is 5.97 Å². The average molecular weight is 414 g/mol. The van der Waals surface area contributed by atoms with E-state index in [4.69, 9.17) is 4.74 Å². The third-order valence-corrected chi connectivity index (χ3v) is 5.00. The molecule has 25 heavy (non-hydrogen) atoms. The largest absolute Gasteiger partial charge is 0.466 e. The van der Waals surface area contributed by atoms with Crippen LogP contribution in [0.4, 0.5) is 4.39 Å². The quantitative estimate of drug-likeness (QED) is 0.441. The van der Waals surface area contributed by atoms with E-state index >= 15 is 0 Å². The Bertz CT molecular complexity index is 616. The van der Waals surface area contributed by atoms with Crippen LogP contribution in [0.3, 0.4) is 0 Å². The summed E-state index contributed by atoms with van der Waals surface area (Å²) in [5.74, 6) is 0.335. The van der Waals surface area contributed by atoms with Crippen LogP contribution in [0.25, 0.3) is 0 Å². The second kappa shape index (κ2) is 9.75. The summed E-state index contributed by atoms with van der Waals surface area (Å²) in [6.45, 7) is 2.75. The molecule has 1 saturated carbocycles. The Labute approximate surface area is 156 Å². The standard InChI is InChI=1S/C18H25BrFN3O2/c1-3-25-17(24)13-5-7-14(8-6-13)23-18(21-2)22-11-12-4-9-15(19)16(20)10-12/h4,9-10,13-14H,3,5-8,11H2,1-2H3,(H2,21,22,23). The molecule has 7 heteroatoms. The number of ether oxygens (including phenoxy) is 1. The number of rotatable bonds is 5. The van der Waals surface area contributed by atoms with Crippen molar-refractivity contribution in [1.29, 1.82) is 0 Å². The number of hydrogen-bond donors (Lipinski definition) is 2. The van der Waals surface area contributed by atoms with Gasteiger partial charge in [0.15, 0.2) is 5.96 Å². The number of aliphatic imine (C=N–C) groups is 1. The van der Waals surface area contributed by atoms with Gasteiger partial charge in [-0.25, -0.2) is 4.39 Å². The minimum atomic E-state index is -0.278. The van der Waals surface area contributed by atoms with Gasteiger partial charge in [0.1, 0.15) is 5.82 Å². The van der Waals surface area contributed by atoms with Crippen molar-refractivity contribution in [3.8, 4) is 0 Å². The molecule has 0 radical (unpaired) electrons. The molecule has 1 aromatic carbocycles. The first kappa shape index (κ1) is 19.7. The minimum absolute atomic E-state index is 0.0127. The van der Waals surface area contributed by atoms with Crippen LogP contribution in [-0.4, -0.2) is 31.6 Å². The summed E-state index contributed by atoms with van der Waals surface area (Å²) in [5, 5.41) is 6.58. The first-order chi connectivity index (χ1) is 12.0. The Morgan fingerprint density at radius 2 is 2.08 bits per heavy atom. The Morgan fingerprint density at radius 3 is 2.68 bits per heavy atom. The highest BCUT2D eigenvalue weighted by molar-refractivity contribution is 9.10. The fourth-order valence-corrected chi connectivity index (χ4v) is 3.20. The van der Waals surface area contributed by atoms with Crippen molar-refractivity contribution in [2.45, 2.75) is 45.2 Å².